The highest BCUT2D eigenvalue weighted by atomic mass is 19.1. The number of nitrogens with zero attached hydrogens (tertiary/aromatic N) is 2. The third-order valence-corrected chi connectivity index (χ3v) is 2.83. The Hall–Kier alpha value is -2.50. The van der Waals surface area contributed by atoms with Crippen molar-refractivity contribution >= 4 is 5.91 Å². The molecule has 110 valence electrons. The molecule has 0 saturated heterocycles. The molecule has 1 aromatic heterocycles. The predicted molar refractivity (Wildman–Crippen MR) is 75.7 cm³/mol. The standard InChI is InChI=1S/C15H16FN3O2/c1-10-12(9-18-11(2)19-10)15(20)17-7-8-21-14-6-4-3-5-13(14)16/h3-6,9H,7-8H2,1-2H3,(H,17,20). The van der Waals surface area contributed by atoms with Gasteiger partial charge in [-0.15, -0.1) is 0 Å². The summed E-state index contributed by atoms with van der Waals surface area (Å²) in [5, 5.41) is 2.68. The van der Waals surface area contributed by atoms with Crippen LogP contribution in [0, 0.1) is 19.7 Å². The summed E-state index contributed by atoms with van der Waals surface area (Å²) in [6.45, 7) is 3.95. The van der Waals surface area contributed by atoms with Gasteiger partial charge in [-0.25, -0.2) is 14.4 Å². The molecule has 0 saturated carbocycles. The van der Waals surface area contributed by atoms with Crippen molar-refractivity contribution in [2.45, 2.75) is 13.8 Å². The van der Waals surface area contributed by atoms with Gasteiger partial charge < -0.3 is 10.1 Å². The van der Waals surface area contributed by atoms with Crippen LogP contribution >= 0.6 is 0 Å². The minimum Gasteiger partial charge on any atom is -0.489 e. The smallest absolute Gasteiger partial charge is 0.254 e. The number of nitrogens with one attached hydrogen (secondary N) is 1. The lowest BCUT2D eigenvalue weighted by molar-refractivity contribution is 0.0945. The van der Waals surface area contributed by atoms with E-state index in [1.54, 1.807) is 26.0 Å². The zero-order chi connectivity index (χ0) is 15.2. The number of hydrogen-bond acceptors (Lipinski definition) is 4. The van der Waals surface area contributed by atoms with E-state index in [1.807, 2.05) is 0 Å². The molecule has 2 aromatic rings. The van der Waals surface area contributed by atoms with Gasteiger partial charge in [0.15, 0.2) is 11.6 Å². The van der Waals surface area contributed by atoms with Gasteiger partial charge in [-0.1, -0.05) is 12.1 Å². The number of carbonyl (C=O) groups is 1. The minimum atomic E-state index is -0.424. The van der Waals surface area contributed by atoms with Gasteiger partial charge in [0.1, 0.15) is 12.4 Å². The number of halogens is 1. The SMILES string of the molecule is Cc1ncc(C(=O)NCCOc2ccccc2F)c(C)n1. The van der Waals surface area contributed by atoms with E-state index in [4.69, 9.17) is 4.74 Å². The van der Waals surface area contributed by atoms with Gasteiger partial charge in [0.2, 0.25) is 0 Å². The van der Waals surface area contributed by atoms with Crippen LogP contribution in [0.2, 0.25) is 0 Å². The van der Waals surface area contributed by atoms with Crippen LogP contribution in [0.5, 0.6) is 5.75 Å². The highest BCUT2D eigenvalue weighted by Gasteiger charge is 2.10. The Balaban J connectivity index is 1.83. The fraction of sp³-hybridized carbons (Fsp3) is 0.267. The van der Waals surface area contributed by atoms with Crippen LogP contribution in [0.15, 0.2) is 30.5 Å². The Morgan fingerprint density at radius 1 is 1.33 bits per heavy atom. The Labute approximate surface area is 122 Å². The Kier molecular flexibility index (Phi) is 4.81. The fourth-order valence-electron chi connectivity index (χ4n) is 1.79. The van der Waals surface area contributed by atoms with E-state index in [1.165, 1.54) is 18.3 Å². The predicted octanol–water partition coefficient (Wildman–Crippen LogP) is 2.04. The molecular formula is C15H16FN3O2. The number of aromatic nitrogens is 2. The summed E-state index contributed by atoms with van der Waals surface area (Å²) in [4.78, 5) is 20.1. The van der Waals surface area contributed by atoms with Crippen molar-refractivity contribution in [3.63, 3.8) is 0 Å². The van der Waals surface area contributed by atoms with Gasteiger partial charge >= 0.3 is 0 Å². The molecule has 1 aromatic carbocycles. The van der Waals surface area contributed by atoms with Crippen LogP contribution in [0.4, 0.5) is 4.39 Å². The normalized spacial score (nSPS) is 10.2. The number of amides is 1. The number of aryl methyl sites for hydroxylation is 2. The molecule has 1 heterocycles. The first-order valence-corrected chi connectivity index (χ1v) is 6.53. The summed E-state index contributed by atoms with van der Waals surface area (Å²) >= 11 is 0. The molecule has 2 rings (SSSR count). The van der Waals surface area contributed by atoms with Crippen molar-refractivity contribution < 1.29 is 13.9 Å². The van der Waals surface area contributed by atoms with Gasteiger partial charge in [-0.05, 0) is 26.0 Å². The summed E-state index contributed by atoms with van der Waals surface area (Å²) in [6, 6.07) is 6.13. The van der Waals surface area contributed by atoms with E-state index in [0.717, 1.165) is 0 Å². The molecule has 0 bridgehead atoms. The second-order valence-corrected chi connectivity index (χ2v) is 4.45. The zero-order valence-electron chi connectivity index (χ0n) is 11.9. The first kappa shape index (κ1) is 14.9. The molecule has 0 spiro atoms. The van der Waals surface area contributed by atoms with Crippen LogP contribution in [0.25, 0.3) is 0 Å². The van der Waals surface area contributed by atoms with Crippen LogP contribution in [0.1, 0.15) is 21.9 Å². The number of para-hydroxylation sites is 1. The van der Waals surface area contributed by atoms with Crippen molar-refractivity contribution in [2.75, 3.05) is 13.2 Å². The molecule has 0 aliphatic heterocycles. The molecule has 6 heteroatoms. The third kappa shape index (κ3) is 3.98. The number of carbonyl (C=O) groups excluding carboxylic acids is 1. The van der Waals surface area contributed by atoms with Crippen LogP contribution in [0.3, 0.4) is 0 Å². The van der Waals surface area contributed by atoms with Gasteiger partial charge in [-0.2, -0.15) is 0 Å². The summed E-state index contributed by atoms with van der Waals surface area (Å²) < 4.78 is 18.6. The first-order chi connectivity index (χ1) is 10.1. The molecule has 0 radical (unpaired) electrons. The monoisotopic (exact) mass is 289 g/mol. The fourth-order valence-corrected chi connectivity index (χ4v) is 1.79. The molecule has 1 N–H and O–H groups in total. The van der Waals surface area contributed by atoms with Gasteiger partial charge in [0.25, 0.3) is 5.91 Å². The Morgan fingerprint density at radius 2 is 2.10 bits per heavy atom. The maximum Gasteiger partial charge on any atom is 0.254 e. The molecule has 0 aliphatic carbocycles. The number of rotatable bonds is 5. The second kappa shape index (κ2) is 6.78. The quantitative estimate of drug-likeness (QED) is 0.856. The zero-order valence-corrected chi connectivity index (χ0v) is 11.9. The maximum absolute atomic E-state index is 13.3. The molecule has 0 atom stereocenters. The lowest BCUT2D eigenvalue weighted by Crippen LogP contribution is -2.29. The van der Waals surface area contributed by atoms with E-state index < -0.39 is 5.82 Å². The number of benzene rings is 1. The Morgan fingerprint density at radius 3 is 2.81 bits per heavy atom. The summed E-state index contributed by atoms with van der Waals surface area (Å²) in [5.74, 6) is 0.0878. The van der Waals surface area contributed by atoms with Crippen molar-refractivity contribution in [2.24, 2.45) is 0 Å². The van der Waals surface area contributed by atoms with E-state index in [0.29, 0.717) is 17.1 Å². The van der Waals surface area contributed by atoms with Gasteiger partial charge in [0.05, 0.1) is 17.8 Å². The van der Waals surface area contributed by atoms with Crippen molar-refractivity contribution in [1.82, 2.24) is 15.3 Å². The number of hydrogen-bond donors (Lipinski definition) is 1. The number of ether oxygens (including phenoxy) is 1. The first-order valence-electron chi connectivity index (χ1n) is 6.53. The summed E-state index contributed by atoms with van der Waals surface area (Å²) in [7, 11) is 0. The summed E-state index contributed by atoms with van der Waals surface area (Å²) in [6.07, 6.45) is 1.49. The van der Waals surface area contributed by atoms with E-state index >= 15 is 0 Å². The minimum absolute atomic E-state index is 0.168. The lowest BCUT2D eigenvalue weighted by Gasteiger charge is -2.09. The molecule has 21 heavy (non-hydrogen) atoms. The topological polar surface area (TPSA) is 64.1 Å². The molecular weight excluding hydrogens is 273 g/mol. The molecule has 1 amide bonds. The van der Waals surface area contributed by atoms with E-state index in [2.05, 4.69) is 15.3 Å². The lowest BCUT2D eigenvalue weighted by atomic mass is 10.2. The van der Waals surface area contributed by atoms with Crippen LogP contribution < -0.4 is 10.1 Å². The molecule has 0 fully saturated rings. The third-order valence-electron chi connectivity index (χ3n) is 2.83. The van der Waals surface area contributed by atoms with Crippen molar-refractivity contribution in [1.29, 1.82) is 0 Å². The maximum atomic E-state index is 13.3. The van der Waals surface area contributed by atoms with Gasteiger partial charge in [0, 0.05) is 6.20 Å². The van der Waals surface area contributed by atoms with Gasteiger partial charge in [-0.3, -0.25) is 4.79 Å². The van der Waals surface area contributed by atoms with Crippen molar-refractivity contribution in [3.8, 4) is 5.75 Å². The molecule has 5 nitrogen and oxygen atoms in total. The second-order valence-electron chi connectivity index (χ2n) is 4.45. The highest BCUT2D eigenvalue weighted by Crippen LogP contribution is 2.14. The highest BCUT2D eigenvalue weighted by molar-refractivity contribution is 5.94. The Bertz CT molecular complexity index is 647. The van der Waals surface area contributed by atoms with E-state index in [9.17, 15) is 9.18 Å². The molecule has 0 aliphatic rings. The average molecular weight is 289 g/mol. The molecule has 0 unspecified atom stereocenters. The average Bonchev–Trinajstić information content (AvgIpc) is 2.45. The largest absolute Gasteiger partial charge is 0.489 e. The van der Waals surface area contributed by atoms with Crippen LogP contribution in [-0.4, -0.2) is 29.0 Å². The van der Waals surface area contributed by atoms with E-state index in [-0.39, 0.29) is 24.8 Å². The van der Waals surface area contributed by atoms with Crippen LogP contribution in [-0.2, 0) is 0 Å². The van der Waals surface area contributed by atoms with Crippen molar-refractivity contribution in [3.05, 3.63) is 53.4 Å². The summed E-state index contributed by atoms with van der Waals surface area (Å²) in [5.41, 5.74) is 1.04.